The third-order valence-corrected chi connectivity index (χ3v) is 4.50. The molecule has 3 rings (SSSR count). The van der Waals surface area contributed by atoms with Crippen molar-refractivity contribution in [3.63, 3.8) is 0 Å². The van der Waals surface area contributed by atoms with E-state index in [4.69, 9.17) is 4.74 Å². The number of hydrogen-bond donors (Lipinski definition) is 0. The Balaban J connectivity index is 1.89. The summed E-state index contributed by atoms with van der Waals surface area (Å²) in [4.78, 5) is 23.6. The molecule has 0 fully saturated rings. The summed E-state index contributed by atoms with van der Waals surface area (Å²) in [5, 5.41) is 11.4. The van der Waals surface area contributed by atoms with Gasteiger partial charge in [-0.25, -0.2) is 0 Å². The highest BCUT2D eigenvalue weighted by atomic mass is 16.6. The summed E-state index contributed by atoms with van der Waals surface area (Å²) in [6.45, 7) is 3.10. The van der Waals surface area contributed by atoms with E-state index in [1.165, 1.54) is 0 Å². The van der Waals surface area contributed by atoms with E-state index in [0.717, 1.165) is 11.1 Å². The van der Waals surface area contributed by atoms with E-state index in [1.54, 1.807) is 26.0 Å². The Morgan fingerprint density at radius 2 is 1.67 bits per heavy atom. The van der Waals surface area contributed by atoms with Crippen LogP contribution in [0.3, 0.4) is 0 Å². The average molecular weight is 325 g/mol. The van der Waals surface area contributed by atoms with Crippen molar-refractivity contribution in [3.8, 4) is 0 Å². The minimum atomic E-state index is -1.26. The molecule has 0 aliphatic carbocycles. The fourth-order valence-electron chi connectivity index (χ4n) is 3.06. The zero-order valence-electron chi connectivity index (χ0n) is 13.6. The van der Waals surface area contributed by atoms with Crippen molar-refractivity contribution >= 4 is 5.78 Å². The van der Waals surface area contributed by atoms with Gasteiger partial charge in [0.2, 0.25) is 5.54 Å². The Bertz CT molecular complexity index is 770. The molecule has 2 aromatic rings. The molecule has 2 unspecified atom stereocenters. The Labute approximate surface area is 140 Å². The largest absolute Gasteiger partial charge is 0.358 e. The van der Waals surface area contributed by atoms with E-state index < -0.39 is 17.7 Å². The lowest BCUT2D eigenvalue weighted by Gasteiger charge is -2.24. The molecule has 0 saturated heterocycles. The van der Waals surface area contributed by atoms with Gasteiger partial charge in [-0.15, -0.1) is 0 Å². The van der Waals surface area contributed by atoms with Crippen LogP contribution in [-0.4, -0.2) is 16.2 Å². The van der Waals surface area contributed by atoms with Gasteiger partial charge in [-0.2, -0.15) is 0 Å². The Kier molecular flexibility index (Phi) is 4.20. The minimum absolute atomic E-state index is 0.0324. The molecule has 0 radical (unpaired) electrons. The van der Waals surface area contributed by atoms with E-state index in [-0.39, 0.29) is 17.1 Å². The van der Waals surface area contributed by atoms with E-state index >= 15 is 0 Å². The van der Waals surface area contributed by atoms with E-state index in [2.05, 4.69) is 0 Å². The van der Waals surface area contributed by atoms with Crippen molar-refractivity contribution in [3.05, 3.63) is 81.4 Å². The molecule has 0 saturated carbocycles. The molecule has 0 spiro atoms. The van der Waals surface area contributed by atoms with E-state index in [1.807, 2.05) is 42.5 Å². The van der Waals surface area contributed by atoms with E-state index in [9.17, 15) is 14.9 Å². The SMILES string of the molecule is CC(C)(C1OC(CC(=O)c2ccccc2)c2ccccc21)[N+](=O)[O-]. The maximum atomic E-state index is 12.5. The zero-order valence-corrected chi connectivity index (χ0v) is 13.6. The maximum absolute atomic E-state index is 12.5. The predicted octanol–water partition coefficient (Wildman–Crippen LogP) is 4.13. The summed E-state index contributed by atoms with van der Waals surface area (Å²) >= 11 is 0. The number of ketones is 1. The average Bonchev–Trinajstić information content (AvgIpc) is 2.95. The lowest BCUT2D eigenvalue weighted by atomic mass is 9.90. The molecule has 0 aromatic heterocycles. The van der Waals surface area contributed by atoms with Crippen LogP contribution in [0.5, 0.6) is 0 Å². The van der Waals surface area contributed by atoms with Gasteiger partial charge in [-0.1, -0.05) is 54.6 Å². The molecule has 1 heterocycles. The minimum Gasteiger partial charge on any atom is -0.358 e. The first-order valence-corrected chi connectivity index (χ1v) is 7.88. The van der Waals surface area contributed by atoms with Crippen LogP contribution < -0.4 is 0 Å². The smallest absolute Gasteiger partial charge is 0.246 e. The van der Waals surface area contributed by atoms with Gasteiger partial charge in [-0.05, 0) is 11.1 Å². The second kappa shape index (κ2) is 6.17. The quantitative estimate of drug-likeness (QED) is 0.471. The molecular weight excluding hydrogens is 306 g/mol. The fourth-order valence-corrected chi connectivity index (χ4v) is 3.06. The molecule has 5 heteroatoms. The second-order valence-electron chi connectivity index (χ2n) is 6.54. The second-order valence-corrected chi connectivity index (χ2v) is 6.54. The predicted molar refractivity (Wildman–Crippen MR) is 89.5 cm³/mol. The molecule has 2 aromatic carbocycles. The molecule has 5 nitrogen and oxygen atoms in total. The first kappa shape index (κ1) is 16.3. The molecule has 0 N–H and O–H groups in total. The van der Waals surface area contributed by atoms with Gasteiger partial charge in [0, 0.05) is 30.8 Å². The van der Waals surface area contributed by atoms with Crippen LogP contribution in [0.4, 0.5) is 0 Å². The van der Waals surface area contributed by atoms with Crippen molar-refractivity contribution in [2.24, 2.45) is 0 Å². The van der Waals surface area contributed by atoms with Gasteiger partial charge >= 0.3 is 0 Å². The van der Waals surface area contributed by atoms with Crippen LogP contribution in [0.25, 0.3) is 0 Å². The number of nitrogens with zero attached hydrogens (tertiary/aromatic N) is 1. The third kappa shape index (κ3) is 2.83. The zero-order chi connectivity index (χ0) is 17.3. The molecule has 0 amide bonds. The standard InChI is InChI=1S/C19H19NO4/c1-19(2,20(22)23)18-15-11-7-6-10-14(15)17(24-18)12-16(21)13-8-4-3-5-9-13/h3-11,17-18H,12H2,1-2H3. The van der Waals surface area contributed by atoms with Gasteiger partial charge in [0.15, 0.2) is 11.9 Å². The van der Waals surface area contributed by atoms with Crippen LogP contribution in [-0.2, 0) is 4.74 Å². The molecule has 1 aliphatic rings. The van der Waals surface area contributed by atoms with Gasteiger partial charge in [0.25, 0.3) is 0 Å². The first-order valence-electron chi connectivity index (χ1n) is 7.88. The monoisotopic (exact) mass is 325 g/mol. The number of nitro groups is 1. The highest BCUT2D eigenvalue weighted by Gasteiger charge is 2.49. The van der Waals surface area contributed by atoms with Crippen molar-refractivity contribution in [2.45, 2.75) is 38.0 Å². The summed E-state index contributed by atoms with van der Waals surface area (Å²) in [7, 11) is 0. The molecule has 2 atom stereocenters. The number of ether oxygens (including phenoxy) is 1. The van der Waals surface area contributed by atoms with Crippen molar-refractivity contribution < 1.29 is 14.5 Å². The topological polar surface area (TPSA) is 69.4 Å². The number of benzene rings is 2. The van der Waals surface area contributed by atoms with Crippen molar-refractivity contribution in [2.75, 3.05) is 0 Å². The molecule has 24 heavy (non-hydrogen) atoms. The molecular formula is C19H19NO4. The van der Waals surface area contributed by atoms with Gasteiger partial charge in [-0.3, -0.25) is 14.9 Å². The summed E-state index contributed by atoms with van der Waals surface area (Å²) in [6, 6.07) is 16.4. The Morgan fingerprint density at radius 1 is 1.08 bits per heavy atom. The number of carbonyl (C=O) groups is 1. The first-order chi connectivity index (χ1) is 11.4. The summed E-state index contributed by atoms with van der Waals surface area (Å²) < 4.78 is 5.99. The molecule has 1 aliphatic heterocycles. The normalized spacial score (nSPS) is 19.8. The Morgan fingerprint density at radius 3 is 2.29 bits per heavy atom. The molecule has 124 valence electrons. The number of carbonyl (C=O) groups excluding carboxylic acids is 1. The number of hydrogen-bond acceptors (Lipinski definition) is 4. The van der Waals surface area contributed by atoms with Gasteiger partial charge < -0.3 is 4.74 Å². The highest BCUT2D eigenvalue weighted by Crippen LogP contribution is 2.46. The number of fused-ring (bicyclic) bond motifs is 1. The van der Waals surface area contributed by atoms with E-state index in [0.29, 0.717) is 5.56 Å². The van der Waals surface area contributed by atoms with Crippen molar-refractivity contribution in [1.82, 2.24) is 0 Å². The van der Waals surface area contributed by atoms with Crippen LogP contribution in [0.15, 0.2) is 54.6 Å². The maximum Gasteiger partial charge on any atom is 0.246 e. The van der Waals surface area contributed by atoms with Crippen molar-refractivity contribution in [1.29, 1.82) is 0 Å². The summed E-state index contributed by atoms with van der Waals surface area (Å²) in [5.41, 5.74) is 1.02. The van der Waals surface area contributed by atoms with Gasteiger partial charge in [0.05, 0.1) is 6.10 Å². The van der Waals surface area contributed by atoms with Gasteiger partial charge in [0.1, 0.15) is 0 Å². The lowest BCUT2D eigenvalue weighted by molar-refractivity contribution is -0.576. The lowest BCUT2D eigenvalue weighted by Crippen LogP contribution is -2.38. The number of rotatable bonds is 5. The Hall–Kier alpha value is -2.53. The van der Waals surface area contributed by atoms with Crippen LogP contribution in [0.1, 0.15) is 54.0 Å². The van der Waals surface area contributed by atoms with Crippen LogP contribution >= 0.6 is 0 Å². The van der Waals surface area contributed by atoms with Crippen LogP contribution in [0, 0.1) is 10.1 Å². The van der Waals surface area contributed by atoms with Crippen LogP contribution in [0.2, 0.25) is 0 Å². The summed E-state index contributed by atoms with van der Waals surface area (Å²) in [5.74, 6) is -0.0324. The molecule has 0 bridgehead atoms. The highest BCUT2D eigenvalue weighted by molar-refractivity contribution is 5.96. The fraction of sp³-hybridized carbons (Fsp3) is 0.316. The summed E-state index contributed by atoms with van der Waals surface area (Å²) in [6.07, 6.45) is -0.957. The third-order valence-electron chi connectivity index (χ3n) is 4.50. The number of Topliss-reactive ketones (excluding diaryl/α,β-unsaturated/α-hetero) is 1.